The maximum Gasteiger partial charge on any atom is 0.312 e. The molecule has 4 nitrogen and oxygen atoms in total. The van der Waals surface area contributed by atoms with Crippen LogP contribution in [0.3, 0.4) is 0 Å². The average Bonchev–Trinajstić information content (AvgIpc) is 3.23. The highest BCUT2D eigenvalue weighted by atomic mass is 16.6. The lowest BCUT2D eigenvalue weighted by Gasteiger charge is -2.33. The molecule has 0 radical (unpaired) electrons. The van der Waals surface area contributed by atoms with Crippen LogP contribution < -0.4 is 0 Å². The Labute approximate surface area is 113 Å². The molecule has 4 heteroatoms. The van der Waals surface area contributed by atoms with Crippen LogP contribution in [0.15, 0.2) is 0 Å². The number of fused-ring (bicyclic) bond motifs is 2. The molecule has 0 amide bonds. The molecule has 0 N–H and O–H groups in total. The number of hydrogen-bond acceptors (Lipinski definition) is 4. The van der Waals surface area contributed by atoms with Gasteiger partial charge in [-0.2, -0.15) is 0 Å². The number of carbonyl (C=O) groups excluding carboxylic acids is 1. The van der Waals surface area contributed by atoms with E-state index in [0.29, 0.717) is 30.3 Å². The van der Waals surface area contributed by atoms with Gasteiger partial charge in [-0.15, -0.1) is 0 Å². The second-order valence-electron chi connectivity index (χ2n) is 7.12. The second kappa shape index (κ2) is 3.95. The van der Waals surface area contributed by atoms with Gasteiger partial charge in [0, 0.05) is 6.42 Å². The summed E-state index contributed by atoms with van der Waals surface area (Å²) < 4.78 is 16.9. The summed E-state index contributed by atoms with van der Waals surface area (Å²) in [4.78, 5) is 12.5. The topological polar surface area (TPSA) is 51.4 Å². The summed E-state index contributed by atoms with van der Waals surface area (Å²) in [6.45, 7) is 4.20. The minimum atomic E-state index is -0.335. The van der Waals surface area contributed by atoms with Crippen molar-refractivity contribution in [1.82, 2.24) is 0 Å². The van der Waals surface area contributed by atoms with Gasteiger partial charge in [0.05, 0.1) is 29.8 Å². The van der Waals surface area contributed by atoms with Crippen LogP contribution in [0.2, 0.25) is 0 Å². The quantitative estimate of drug-likeness (QED) is 0.567. The van der Waals surface area contributed by atoms with Crippen molar-refractivity contribution < 1.29 is 19.0 Å². The number of rotatable bonds is 2. The number of epoxide rings is 2. The van der Waals surface area contributed by atoms with Gasteiger partial charge >= 0.3 is 5.97 Å². The van der Waals surface area contributed by atoms with Crippen LogP contribution in [0.25, 0.3) is 0 Å². The normalized spacial score (nSPS) is 54.8. The average molecular weight is 266 g/mol. The first kappa shape index (κ1) is 12.2. The molecule has 0 aromatic carbocycles. The maximum absolute atomic E-state index is 12.5. The van der Waals surface area contributed by atoms with E-state index in [-0.39, 0.29) is 17.5 Å². The Morgan fingerprint density at radius 1 is 1.16 bits per heavy atom. The number of hydrogen-bond donors (Lipinski definition) is 0. The number of carbonyl (C=O) groups is 1. The summed E-state index contributed by atoms with van der Waals surface area (Å²) in [7, 11) is 0. The largest absolute Gasteiger partial charge is 0.462 e. The van der Waals surface area contributed by atoms with E-state index in [4.69, 9.17) is 14.2 Å². The Hall–Kier alpha value is -0.610. The Morgan fingerprint density at radius 3 is 2.68 bits per heavy atom. The summed E-state index contributed by atoms with van der Waals surface area (Å²) >= 11 is 0. The lowest BCUT2D eigenvalue weighted by molar-refractivity contribution is -0.166. The van der Waals surface area contributed by atoms with Crippen LogP contribution in [-0.4, -0.2) is 36.5 Å². The molecule has 2 saturated heterocycles. The van der Waals surface area contributed by atoms with Crippen molar-refractivity contribution in [1.29, 1.82) is 0 Å². The van der Waals surface area contributed by atoms with Crippen molar-refractivity contribution in [2.24, 2.45) is 11.3 Å². The second-order valence-corrected chi connectivity index (χ2v) is 7.12. The molecule has 2 aliphatic carbocycles. The Bertz CT molecular complexity index is 409. The molecule has 0 aromatic heterocycles. The zero-order valence-electron chi connectivity index (χ0n) is 11.6. The van der Waals surface area contributed by atoms with Gasteiger partial charge in [0.2, 0.25) is 0 Å². The predicted molar refractivity (Wildman–Crippen MR) is 67.6 cm³/mol. The first-order chi connectivity index (χ1) is 9.05. The fourth-order valence-corrected chi connectivity index (χ4v) is 3.82. The van der Waals surface area contributed by atoms with Crippen LogP contribution in [-0.2, 0) is 19.0 Å². The van der Waals surface area contributed by atoms with Crippen molar-refractivity contribution in [2.75, 3.05) is 0 Å². The van der Waals surface area contributed by atoms with Crippen LogP contribution in [0.5, 0.6) is 0 Å². The highest BCUT2D eigenvalue weighted by Gasteiger charge is 2.54. The smallest absolute Gasteiger partial charge is 0.312 e. The number of esters is 1. The van der Waals surface area contributed by atoms with Gasteiger partial charge in [-0.05, 0) is 38.5 Å². The Kier molecular flexibility index (Phi) is 2.53. The van der Waals surface area contributed by atoms with Gasteiger partial charge < -0.3 is 14.2 Å². The summed E-state index contributed by atoms with van der Waals surface area (Å²) in [5, 5.41) is 0. The molecule has 0 aromatic rings. The summed E-state index contributed by atoms with van der Waals surface area (Å²) in [6.07, 6.45) is 6.23. The molecule has 7 atom stereocenters. The summed E-state index contributed by atoms with van der Waals surface area (Å²) in [5.74, 6) is 0.405. The zero-order valence-corrected chi connectivity index (χ0v) is 11.6. The molecule has 19 heavy (non-hydrogen) atoms. The van der Waals surface area contributed by atoms with E-state index in [1.54, 1.807) is 0 Å². The minimum Gasteiger partial charge on any atom is -0.462 e. The molecule has 4 rings (SSSR count). The van der Waals surface area contributed by atoms with Crippen molar-refractivity contribution in [3.63, 3.8) is 0 Å². The van der Waals surface area contributed by atoms with Gasteiger partial charge in [-0.1, -0.05) is 6.92 Å². The molecule has 4 aliphatic rings. The van der Waals surface area contributed by atoms with Gasteiger partial charge in [0.25, 0.3) is 0 Å². The number of ether oxygens (including phenoxy) is 3. The SMILES string of the molecule is CC1CC2OC2CC1OC(=O)C1(C)CCC2OC2C1. The fraction of sp³-hybridized carbons (Fsp3) is 0.933. The third-order valence-electron chi connectivity index (χ3n) is 5.46. The van der Waals surface area contributed by atoms with Gasteiger partial charge in [-0.3, -0.25) is 4.79 Å². The van der Waals surface area contributed by atoms with Crippen LogP contribution >= 0.6 is 0 Å². The van der Waals surface area contributed by atoms with Crippen LogP contribution in [0.1, 0.15) is 46.0 Å². The van der Waals surface area contributed by atoms with Gasteiger partial charge in [-0.25, -0.2) is 0 Å². The molecule has 4 fully saturated rings. The van der Waals surface area contributed by atoms with E-state index in [2.05, 4.69) is 6.92 Å². The van der Waals surface area contributed by atoms with Gasteiger partial charge in [0.1, 0.15) is 6.10 Å². The fourth-order valence-electron chi connectivity index (χ4n) is 3.82. The minimum absolute atomic E-state index is 0.0163. The van der Waals surface area contributed by atoms with E-state index in [1.165, 1.54) is 0 Å². The highest BCUT2D eigenvalue weighted by Crippen LogP contribution is 2.48. The lowest BCUT2D eigenvalue weighted by atomic mass is 9.75. The Morgan fingerprint density at radius 2 is 1.89 bits per heavy atom. The highest BCUT2D eigenvalue weighted by molar-refractivity contribution is 5.77. The summed E-state index contributed by atoms with van der Waals surface area (Å²) in [6, 6.07) is 0. The first-order valence-electron chi connectivity index (χ1n) is 7.57. The maximum atomic E-state index is 12.5. The lowest BCUT2D eigenvalue weighted by Crippen LogP contribution is -2.40. The molecule has 2 heterocycles. The molecule has 0 spiro atoms. The monoisotopic (exact) mass is 266 g/mol. The van der Waals surface area contributed by atoms with Crippen LogP contribution in [0.4, 0.5) is 0 Å². The van der Waals surface area contributed by atoms with Gasteiger partial charge in [0.15, 0.2) is 0 Å². The van der Waals surface area contributed by atoms with Crippen LogP contribution in [0, 0.1) is 11.3 Å². The molecular weight excluding hydrogens is 244 g/mol. The van der Waals surface area contributed by atoms with E-state index in [1.807, 2.05) is 6.92 Å². The molecule has 106 valence electrons. The summed E-state index contributed by atoms with van der Waals surface area (Å²) in [5.41, 5.74) is -0.335. The zero-order chi connectivity index (χ0) is 13.2. The molecule has 2 aliphatic heterocycles. The van der Waals surface area contributed by atoms with E-state index in [9.17, 15) is 4.79 Å². The molecule has 7 unspecified atom stereocenters. The first-order valence-corrected chi connectivity index (χ1v) is 7.57. The van der Waals surface area contributed by atoms with Crippen molar-refractivity contribution >= 4 is 5.97 Å². The predicted octanol–water partition coefficient (Wildman–Crippen LogP) is 2.05. The molecular formula is C15H22O4. The third kappa shape index (κ3) is 2.09. The third-order valence-corrected chi connectivity index (χ3v) is 5.46. The van der Waals surface area contributed by atoms with E-state index < -0.39 is 0 Å². The van der Waals surface area contributed by atoms with Crippen molar-refractivity contribution in [3.8, 4) is 0 Å². The Balaban J connectivity index is 1.39. The van der Waals surface area contributed by atoms with E-state index in [0.717, 1.165) is 32.1 Å². The standard InChI is InChI=1S/C15H22O4/c1-8-5-11-12(18-11)6-10(8)19-14(16)15(2)4-3-9-13(7-15)17-9/h8-13H,3-7H2,1-2H3. The molecule has 2 saturated carbocycles. The van der Waals surface area contributed by atoms with Crippen molar-refractivity contribution in [2.45, 2.75) is 76.5 Å². The molecule has 0 bridgehead atoms. The van der Waals surface area contributed by atoms with Crippen molar-refractivity contribution in [3.05, 3.63) is 0 Å². The van der Waals surface area contributed by atoms with E-state index >= 15 is 0 Å².